The van der Waals surface area contributed by atoms with Crippen LogP contribution in [0.4, 0.5) is 0 Å². The Labute approximate surface area is 196 Å². The van der Waals surface area contributed by atoms with Gasteiger partial charge in [0.05, 0.1) is 12.7 Å². The second-order valence-electron chi connectivity index (χ2n) is 7.91. The van der Waals surface area contributed by atoms with Crippen LogP contribution < -0.4 is 5.32 Å². The fourth-order valence-corrected chi connectivity index (χ4v) is 6.20. The molecule has 2 amide bonds. The van der Waals surface area contributed by atoms with Crippen LogP contribution in [0.1, 0.15) is 57.5 Å². The van der Waals surface area contributed by atoms with Gasteiger partial charge >= 0.3 is 5.97 Å². The lowest BCUT2D eigenvalue weighted by Crippen LogP contribution is -2.53. The summed E-state index contributed by atoms with van der Waals surface area (Å²) in [5, 5.41) is 3.54. The molecule has 1 aliphatic carbocycles. The second-order valence-corrected chi connectivity index (χ2v) is 9.38. The minimum atomic E-state index is -0.503. The highest BCUT2D eigenvalue weighted by molar-refractivity contribution is 7.80. The molecule has 1 fully saturated rings. The number of methoxy groups -OCH3 is 1. The largest absolute Gasteiger partial charge is 0.465 e. The van der Waals surface area contributed by atoms with Crippen LogP contribution >= 0.6 is 23.6 Å². The van der Waals surface area contributed by atoms with E-state index >= 15 is 0 Å². The van der Waals surface area contributed by atoms with E-state index in [-0.39, 0.29) is 16.7 Å². The molecule has 0 radical (unpaired) electrons. The minimum absolute atomic E-state index is 0.0411. The van der Waals surface area contributed by atoms with Crippen molar-refractivity contribution >= 4 is 52.5 Å². The number of thiocarbonyl (C=S) groups is 1. The first-order valence-electron chi connectivity index (χ1n) is 10.6. The number of likely N-dealkylation sites (N-methyl/N-ethyl adjacent to an activating group) is 1. The zero-order valence-electron chi connectivity index (χ0n) is 18.5. The zero-order valence-corrected chi connectivity index (χ0v) is 20.2. The van der Waals surface area contributed by atoms with E-state index in [1.165, 1.54) is 16.9 Å². The summed E-state index contributed by atoms with van der Waals surface area (Å²) >= 11 is 6.73. The Morgan fingerprint density at radius 3 is 2.69 bits per heavy atom. The van der Waals surface area contributed by atoms with Gasteiger partial charge in [0.15, 0.2) is 5.11 Å². The number of aryl methyl sites for hydroxylation is 2. The van der Waals surface area contributed by atoms with E-state index in [4.69, 9.17) is 17.0 Å². The van der Waals surface area contributed by atoms with Crippen molar-refractivity contribution in [1.29, 1.82) is 0 Å². The topological polar surface area (TPSA) is 80.6 Å². The van der Waals surface area contributed by atoms with Crippen molar-refractivity contribution in [2.24, 2.45) is 0 Å². The lowest BCUT2D eigenvalue weighted by molar-refractivity contribution is -0.128. The Morgan fingerprint density at radius 2 is 2.00 bits per heavy atom. The average molecular weight is 472 g/mol. The third kappa shape index (κ3) is 3.59. The van der Waals surface area contributed by atoms with Crippen molar-refractivity contribution in [3.05, 3.63) is 44.6 Å². The molecule has 2 aromatic rings. The molecular formula is C23H25N3O4S2. The van der Waals surface area contributed by atoms with E-state index in [0.717, 1.165) is 53.2 Å². The smallest absolute Gasteiger partial charge is 0.341 e. The van der Waals surface area contributed by atoms with Crippen LogP contribution in [0.25, 0.3) is 11.1 Å². The number of hydrogen-bond donors (Lipinski definition) is 1. The van der Waals surface area contributed by atoms with Gasteiger partial charge in [-0.05, 0) is 81.9 Å². The molecule has 1 N–H and O–H groups in total. The van der Waals surface area contributed by atoms with Crippen molar-refractivity contribution in [1.82, 2.24) is 14.8 Å². The second kappa shape index (κ2) is 8.63. The molecule has 9 heteroatoms. The summed E-state index contributed by atoms with van der Waals surface area (Å²) in [5.74, 6) is -1.25. The molecule has 2 aromatic heterocycles. The van der Waals surface area contributed by atoms with E-state index in [0.29, 0.717) is 12.1 Å². The zero-order chi connectivity index (χ0) is 23.2. The Hall–Kier alpha value is -2.78. The monoisotopic (exact) mass is 471 g/mol. The predicted molar refractivity (Wildman–Crippen MR) is 127 cm³/mol. The van der Waals surface area contributed by atoms with Crippen LogP contribution in [0, 0.1) is 13.8 Å². The highest BCUT2D eigenvalue weighted by atomic mass is 32.1. The third-order valence-electron chi connectivity index (χ3n) is 6.02. The van der Waals surface area contributed by atoms with Crippen molar-refractivity contribution in [2.45, 2.75) is 46.5 Å². The van der Waals surface area contributed by atoms with Gasteiger partial charge in [-0.1, -0.05) is 0 Å². The maximum atomic E-state index is 12.8. The standard InChI is InChI=1S/C23H25N3O4S2/c1-5-25-20(28)16(19(27)24-23(25)31)11-14-10-12(2)26(13(14)3)21-18(22(29)30-4)15-8-6-7-9-17(15)32-21/h10-11H,5-9H2,1-4H3,(H,24,27,31)/b16-11+. The van der Waals surface area contributed by atoms with Crippen molar-refractivity contribution in [2.75, 3.05) is 13.7 Å². The molecule has 0 unspecified atom stereocenters. The molecule has 1 aliphatic heterocycles. The number of hydrogen-bond acceptors (Lipinski definition) is 6. The van der Waals surface area contributed by atoms with Crippen LogP contribution in [-0.4, -0.2) is 46.0 Å². The number of fused-ring (bicyclic) bond motifs is 1. The van der Waals surface area contributed by atoms with E-state index in [9.17, 15) is 14.4 Å². The highest BCUT2D eigenvalue weighted by Crippen LogP contribution is 2.39. The van der Waals surface area contributed by atoms with Gasteiger partial charge in [-0.25, -0.2) is 4.79 Å². The molecule has 0 spiro atoms. The molecule has 0 bridgehead atoms. The molecule has 1 saturated heterocycles. The van der Waals surface area contributed by atoms with Gasteiger partial charge in [0.2, 0.25) is 0 Å². The fourth-order valence-electron chi connectivity index (χ4n) is 4.40. The van der Waals surface area contributed by atoms with E-state index in [1.807, 2.05) is 24.5 Å². The number of ether oxygens (including phenoxy) is 1. The molecular weight excluding hydrogens is 446 g/mol. The van der Waals surface area contributed by atoms with Crippen LogP contribution in [0.5, 0.6) is 0 Å². The maximum Gasteiger partial charge on any atom is 0.341 e. The number of nitrogens with one attached hydrogen (secondary N) is 1. The lowest BCUT2D eigenvalue weighted by atomic mass is 9.95. The highest BCUT2D eigenvalue weighted by Gasteiger charge is 2.33. The van der Waals surface area contributed by atoms with Crippen LogP contribution in [-0.2, 0) is 27.2 Å². The van der Waals surface area contributed by atoms with Gasteiger partial charge in [0, 0.05) is 22.8 Å². The SMILES string of the molecule is CCN1C(=O)/C(=C/c2cc(C)n(-c3sc4c(c3C(=O)OC)CCCC4)c2C)C(=O)NC1=S. The van der Waals surface area contributed by atoms with Crippen molar-refractivity contribution in [3.8, 4) is 5.00 Å². The van der Waals surface area contributed by atoms with Crippen LogP contribution in [0.2, 0.25) is 0 Å². The molecule has 0 atom stereocenters. The number of aromatic nitrogens is 1. The summed E-state index contributed by atoms with van der Waals surface area (Å²) in [6.07, 6.45) is 5.60. The van der Waals surface area contributed by atoms with E-state index in [1.54, 1.807) is 24.3 Å². The van der Waals surface area contributed by atoms with Gasteiger partial charge in [-0.3, -0.25) is 19.8 Å². The molecule has 3 heterocycles. The van der Waals surface area contributed by atoms with E-state index in [2.05, 4.69) is 5.32 Å². The number of amides is 2. The summed E-state index contributed by atoms with van der Waals surface area (Å²) in [4.78, 5) is 40.6. The number of rotatable bonds is 4. The Morgan fingerprint density at radius 1 is 1.28 bits per heavy atom. The summed E-state index contributed by atoms with van der Waals surface area (Å²) in [6.45, 7) is 6.05. The third-order valence-corrected chi connectivity index (χ3v) is 7.62. The van der Waals surface area contributed by atoms with E-state index < -0.39 is 11.8 Å². The van der Waals surface area contributed by atoms with Gasteiger partial charge in [0.25, 0.3) is 11.8 Å². The van der Waals surface area contributed by atoms with Gasteiger partial charge in [-0.15, -0.1) is 11.3 Å². The minimum Gasteiger partial charge on any atom is -0.465 e. The molecule has 4 rings (SSSR count). The maximum absolute atomic E-state index is 12.8. The number of thiophene rings is 1. The number of carbonyl (C=O) groups is 3. The lowest BCUT2D eigenvalue weighted by Gasteiger charge is -2.27. The van der Waals surface area contributed by atoms with Crippen LogP contribution in [0.3, 0.4) is 0 Å². The van der Waals surface area contributed by atoms with Gasteiger partial charge in [-0.2, -0.15) is 0 Å². The van der Waals surface area contributed by atoms with Gasteiger partial charge in [0.1, 0.15) is 10.6 Å². The number of carbonyl (C=O) groups excluding carboxylic acids is 3. The van der Waals surface area contributed by atoms with Crippen molar-refractivity contribution < 1.29 is 19.1 Å². The Kier molecular flexibility index (Phi) is 6.05. The Bertz CT molecular complexity index is 1190. The number of esters is 1. The summed E-state index contributed by atoms with van der Waals surface area (Å²) in [6, 6.07) is 1.92. The summed E-state index contributed by atoms with van der Waals surface area (Å²) in [5.41, 5.74) is 4.25. The average Bonchev–Trinajstić information content (AvgIpc) is 3.27. The summed E-state index contributed by atoms with van der Waals surface area (Å²) in [7, 11) is 1.40. The quantitative estimate of drug-likeness (QED) is 0.320. The first kappa shape index (κ1) is 22.4. The van der Waals surface area contributed by atoms with Gasteiger partial charge < -0.3 is 9.30 Å². The molecule has 168 valence electrons. The van der Waals surface area contributed by atoms with Crippen molar-refractivity contribution in [3.63, 3.8) is 0 Å². The normalized spacial score (nSPS) is 17.6. The molecule has 7 nitrogen and oxygen atoms in total. The first-order chi connectivity index (χ1) is 15.3. The summed E-state index contributed by atoms with van der Waals surface area (Å²) < 4.78 is 7.14. The van der Waals surface area contributed by atoms with Crippen LogP contribution in [0.15, 0.2) is 11.6 Å². The predicted octanol–water partition coefficient (Wildman–Crippen LogP) is 3.47. The Balaban J connectivity index is 1.84. The molecule has 0 aromatic carbocycles. The number of nitrogens with zero attached hydrogens (tertiary/aromatic N) is 2. The molecule has 32 heavy (non-hydrogen) atoms. The fraction of sp³-hybridized carbons (Fsp3) is 0.391. The molecule has 0 saturated carbocycles. The first-order valence-corrected chi connectivity index (χ1v) is 11.8. The molecule has 2 aliphatic rings.